The Morgan fingerprint density at radius 1 is 1.50 bits per heavy atom. The summed E-state index contributed by atoms with van der Waals surface area (Å²) in [4.78, 5) is 4.57. The summed E-state index contributed by atoms with van der Waals surface area (Å²) in [6, 6.07) is 5.80. The molecule has 1 fully saturated rings. The number of halogens is 1. The lowest BCUT2D eigenvalue weighted by atomic mass is 10.3. The van der Waals surface area contributed by atoms with Crippen molar-refractivity contribution < 1.29 is 4.74 Å². The molecule has 0 spiro atoms. The first-order valence-electron chi connectivity index (χ1n) is 5.21. The molecule has 0 amide bonds. The van der Waals surface area contributed by atoms with Gasteiger partial charge in [-0.25, -0.2) is 4.98 Å². The second kappa shape index (κ2) is 4.30. The summed E-state index contributed by atoms with van der Waals surface area (Å²) in [5.41, 5.74) is 0.960. The molecule has 0 saturated carbocycles. The number of ether oxygens (including phenoxy) is 1. The zero-order chi connectivity index (χ0) is 11.0. The van der Waals surface area contributed by atoms with Gasteiger partial charge >= 0.3 is 0 Å². The average molecular weight is 255 g/mol. The van der Waals surface area contributed by atoms with Gasteiger partial charge in [-0.1, -0.05) is 11.6 Å². The van der Waals surface area contributed by atoms with E-state index in [0.717, 1.165) is 39.9 Å². The molecule has 16 heavy (non-hydrogen) atoms. The van der Waals surface area contributed by atoms with Crippen molar-refractivity contribution in [3.05, 3.63) is 28.2 Å². The van der Waals surface area contributed by atoms with E-state index in [0.29, 0.717) is 0 Å². The highest BCUT2D eigenvalue weighted by atomic mass is 35.5. The summed E-state index contributed by atoms with van der Waals surface area (Å²) in [7, 11) is 0. The Balaban J connectivity index is 1.97. The Bertz CT molecular complexity index is 508. The maximum Gasteiger partial charge on any atom is 0.124 e. The molecule has 1 aromatic heterocycles. The number of nitrogens with one attached hydrogen (secondary N) is 1. The zero-order valence-corrected chi connectivity index (χ0v) is 10.1. The molecule has 1 atom stereocenters. The van der Waals surface area contributed by atoms with E-state index in [2.05, 4.69) is 10.3 Å². The van der Waals surface area contributed by atoms with Crippen LogP contribution in [0.5, 0.6) is 0 Å². The van der Waals surface area contributed by atoms with Gasteiger partial charge in [0.2, 0.25) is 0 Å². The zero-order valence-electron chi connectivity index (χ0n) is 8.57. The number of hydrogen-bond acceptors (Lipinski definition) is 4. The van der Waals surface area contributed by atoms with Crippen LogP contribution in [0.25, 0.3) is 10.2 Å². The minimum Gasteiger partial charge on any atom is -0.368 e. The first-order valence-corrected chi connectivity index (χ1v) is 6.41. The fraction of sp³-hybridized carbons (Fsp3) is 0.364. The Hall–Kier alpha value is -0.680. The van der Waals surface area contributed by atoms with Crippen molar-refractivity contribution >= 4 is 33.2 Å². The van der Waals surface area contributed by atoms with Crippen molar-refractivity contribution in [3.8, 4) is 0 Å². The van der Waals surface area contributed by atoms with Gasteiger partial charge in [0, 0.05) is 18.1 Å². The van der Waals surface area contributed by atoms with E-state index < -0.39 is 0 Å². The van der Waals surface area contributed by atoms with Crippen LogP contribution in [0.15, 0.2) is 18.2 Å². The summed E-state index contributed by atoms with van der Waals surface area (Å²) in [6.07, 6.45) is 0.0879. The molecule has 84 valence electrons. The van der Waals surface area contributed by atoms with E-state index in [-0.39, 0.29) is 6.10 Å². The Morgan fingerprint density at radius 3 is 3.25 bits per heavy atom. The number of benzene rings is 1. The van der Waals surface area contributed by atoms with Crippen LogP contribution in [0.1, 0.15) is 11.1 Å². The third kappa shape index (κ3) is 1.94. The van der Waals surface area contributed by atoms with E-state index in [4.69, 9.17) is 16.3 Å². The van der Waals surface area contributed by atoms with Crippen LogP contribution in [-0.2, 0) is 4.74 Å². The molecule has 1 aliphatic rings. The van der Waals surface area contributed by atoms with Crippen molar-refractivity contribution in [2.45, 2.75) is 6.10 Å². The number of hydrogen-bond donors (Lipinski definition) is 1. The third-order valence-corrected chi connectivity index (χ3v) is 3.93. The van der Waals surface area contributed by atoms with Gasteiger partial charge in [0.05, 0.1) is 16.8 Å². The number of thiazole rings is 1. The maximum absolute atomic E-state index is 5.93. The number of fused-ring (bicyclic) bond motifs is 1. The van der Waals surface area contributed by atoms with E-state index >= 15 is 0 Å². The summed E-state index contributed by atoms with van der Waals surface area (Å²) < 4.78 is 6.84. The van der Waals surface area contributed by atoms with Crippen molar-refractivity contribution in [3.63, 3.8) is 0 Å². The smallest absolute Gasteiger partial charge is 0.124 e. The van der Waals surface area contributed by atoms with Gasteiger partial charge in [-0.3, -0.25) is 0 Å². The van der Waals surface area contributed by atoms with E-state index in [9.17, 15) is 0 Å². The van der Waals surface area contributed by atoms with Gasteiger partial charge < -0.3 is 10.1 Å². The van der Waals surface area contributed by atoms with Crippen LogP contribution in [0.2, 0.25) is 5.02 Å². The van der Waals surface area contributed by atoms with Gasteiger partial charge in [0.1, 0.15) is 11.1 Å². The van der Waals surface area contributed by atoms with Crippen LogP contribution in [0.4, 0.5) is 0 Å². The Kier molecular flexibility index (Phi) is 2.81. The van der Waals surface area contributed by atoms with E-state index in [1.54, 1.807) is 11.3 Å². The van der Waals surface area contributed by atoms with Crippen LogP contribution in [0.3, 0.4) is 0 Å². The van der Waals surface area contributed by atoms with Crippen molar-refractivity contribution in [2.24, 2.45) is 0 Å². The summed E-state index contributed by atoms with van der Waals surface area (Å²) >= 11 is 7.61. The number of aromatic nitrogens is 1. The molecule has 0 bridgehead atoms. The molecule has 2 heterocycles. The molecule has 5 heteroatoms. The molecule has 1 unspecified atom stereocenters. The highest BCUT2D eigenvalue weighted by Crippen LogP contribution is 2.30. The van der Waals surface area contributed by atoms with Crippen LogP contribution < -0.4 is 5.32 Å². The van der Waals surface area contributed by atoms with E-state index in [1.807, 2.05) is 18.2 Å². The monoisotopic (exact) mass is 254 g/mol. The fourth-order valence-electron chi connectivity index (χ4n) is 1.78. The number of morpholine rings is 1. The number of nitrogens with zero attached hydrogens (tertiary/aromatic N) is 1. The molecular weight excluding hydrogens is 244 g/mol. The molecule has 2 aromatic rings. The predicted octanol–water partition coefficient (Wildman–Crippen LogP) is 2.61. The first kappa shape index (κ1) is 10.5. The first-order chi connectivity index (χ1) is 7.83. The molecule has 1 aliphatic heterocycles. The van der Waals surface area contributed by atoms with Gasteiger partial charge in [0.25, 0.3) is 0 Å². The van der Waals surface area contributed by atoms with Crippen molar-refractivity contribution in [1.82, 2.24) is 10.3 Å². The molecule has 3 rings (SSSR count). The molecule has 1 N–H and O–H groups in total. The van der Waals surface area contributed by atoms with Crippen LogP contribution >= 0.6 is 22.9 Å². The predicted molar refractivity (Wildman–Crippen MR) is 66.2 cm³/mol. The quantitative estimate of drug-likeness (QED) is 0.850. The number of rotatable bonds is 1. The summed E-state index contributed by atoms with van der Waals surface area (Å²) in [5, 5.41) is 5.07. The summed E-state index contributed by atoms with van der Waals surface area (Å²) in [5.74, 6) is 0. The normalized spacial score (nSPS) is 21.4. The van der Waals surface area contributed by atoms with Crippen LogP contribution in [0, 0.1) is 0 Å². The SMILES string of the molecule is Clc1ccc2sc(C3CNCCO3)nc2c1. The maximum atomic E-state index is 5.93. The van der Waals surface area contributed by atoms with Gasteiger partial charge in [0.15, 0.2) is 0 Å². The van der Waals surface area contributed by atoms with Gasteiger partial charge in [-0.05, 0) is 18.2 Å². The van der Waals surface area contributed by atoms with Crippen molar-refractivity contribution in [2.75, 3.05) is 19.7 Å². The lowest BCUT2D eigenvalue weighted by Crippen LogP contribution is -2.33. The minimum absolute atomic E-state index is 0.0879. The lowest BCUT2D eigenvalue weighted by molar-refractivity contribution is 0.0277. The van der Waals surface area contributed by atoms with Gasteiger partial charge in [-0.15, -0.1) is 11.3 Å². The molecule has 1 saturated heterocycles. The highest BCUT2D eigenvalue weighted by Gasteiger charge is 2.19. The van der Waals surface area contributed by atoms with Crippen LogP contribution in [-0.4, -0.2) is 24.7 Å². The second-order valence-electron chi connectivity index (χ2n) is 3.73. The molecular formula is C11H11ClN2OS. The molecule has 0 aliphatic carbocycles. The fourth-order valence-corrected chi connectivity index (χ4v) is 2.94. The minimum atomic E-state index is 0.0879. The lowest BCUT2D eigenvalue weighted by Gasteiger charge is -2.21. The standard InChI is InChI=1S/C11H11ClN2OS/c12-7-1-2-10-8(5-7)14-11(16-10)9-6-13-3-4-15-9/h1-2,5,9,13H,3-4,6H2. The van der Waals surface area contributed by atoms with E-state index in [1.165, 1.54) is 0 Å². The topological polar surface area (TPSA) is 34.1 Å². The Morgan fingerprint density at radius 2 is 2.44 bits per heavy atom. The molecule has 0 radical (unpaired) electrons. The summed E-state index contributed by atoms with van der Waals surface area (Å²) in [6.45, 7) is 2.52. The average Bonchev–Trinajstić information content (AvgIpc) is 2.73. The highest BCUT2D eigenvalue weighted by molar-refractivity contribution is 7.18. The van der Waals surface area contributed by atoms with Crippen molar-refractivity contribution in [1.29, 1.82) is 0 Å². The largest absolute Gasteiger partial charge is 0.368 e. The molecule has 1 aromatic carbocycles. The van der Waals surface area contributed by atoms with Gasteiger partial charge in [-0.2, -0.15) is 0 Å². The third-order valence-electron chi connectivity index (χ3n) is 2.57. The Labute approximate surface area is 102 Å². The molecule has 3 nitrogen and oxygen atoms in total. The second-order valence-corrected chi connectivity index (χ2v) is 5.23.